The van der Waals surface area contributed by atoms with Gasteiger partial charge < -0.3 is 20.1 Å². The molecular weight excluding hydrogens is 364 g/mol. The van der Waals surface area contributed by atoms with E-state index in [0.29, 0.717) is 41.7 Å². The highest BCUT2D eigenvalue weighted by molar-refractivity contribution is 9.10. The molecule has 2 N–H and O–H groups in total. The van der Waals surface area contributed by atoms with E-state index < -0.39 is 5.97 Å². The Bertz CT molecular complexity index is 561. The lowest BCUT2D eigenvalue weighted by atomic mass is 10.1. The van der Waals surface area contributed by atoms with Gasteiger partial charge in [-0.3, -0.25) is 4.79 Å². The molecule has 23 heavy (non-hydrogen) atoms. The topological polar surface area (TPSA) is 81.9 Å². The Hall–Kier alpha value is -1.60. The van der Waals surface area contributed by atoms with Gasteiger partial charge in [0.05, 0.1) is 24.5 Å². The number of halogens is 1. The van der Waals surface area contributed by atoms with Crippen LogP contribution in [0.5, 0.6) is 0 Å². The molecule has 0 aliphatic carbocycles. The minimum absolute atomic E-state index is 0.283. The van der Waals surface area contributed by atoms with Gasteiger partial charge in [-0.05, 0) is 60.6 Å². The summed E-state index contributed by atoms with van der Waals surface area (Å²) in [5.74, 6) is -0.694. The molecule has 7 heteroatoms. The molecule has 0 atom stereocenters. The van der Waals surface area contributed by atoms with Crippen LogP contribution in [0.4, 0.5) is 5.69 Å². The van der Waals surface area contributed by atoms with Crippen molar-refractivity contribution < 1.29 is 19.1 Å². The van der Waals surface area contributed by atoms with Gasteiger partial charge in [0.15, 0.2) is 0 Å². The van der Waals surface area contributed by atoms with E-state index in [9.17, 15) is 9.59 Å². The number of hydrogen-bond donors (Lipinski definition) is 1. The highest BCUT2D eigenvalue weighted by Crippen LogP contribution is 2.26. The number of benzene rings is 1. The highest BCUT2D eigenvalue weighted by Gasteiger charge is 2.13. The maximum Gasteiger partial charge on any atom is 0.338 e. The van der Waals surface area contributed by atoms with Crippen LogP contribution in [0.2, 0.25) is 0 Å². The van der Waals surface area contributed by atoms with Crippen molar-refractivity contribution >= 4 is 33.6 Å². The monoisotopic (exact) mass is 386 g/mol. The van der Waals surface area contributed by atoms with Crippen molar-refractivity contribution in [3.05, 3.63) is 27.7 Å². The first-order valence-electron chi connectivity index (χ1n) is 7.34. The zero-order valence-corrected chi connectivity index (χ0v) is 15.3. The Morgan fingerprint density at radius 3 is 2.35 bits per heavy atom. The molecular formula is C16H23BrN2O4. The standard InChI is InChI=1S/C16H23BrN2O4/c1-11(20)22-6-4-5-7-23-16(21)12-8-13(10-19(2)3)15(18)14(17)9-12/h8-9H,4-7,10,18H2,1-3H3. The predicted octanol–water partition coefficient (Wildman–Crippen LogP) is 2.59. The Morgan fingerprint density at radius 1 is 1.17 bits per heavy atom. The van der Waals surface area contributed by atoms with Crippen LogP contribution in [0.1, 0.15) is 35.7 Å². The van der Waals surface area contributed by atoms with E-state index in [0.717, 1.165) is 5.56 Å². The maximum absolute atomic E-state index is 12.1. The van der Waals surface area contributed by atoms with E-state index in [-0.39, 0.29) is 12.6 Å². The van der Waals surface area contributed by atoms with E-state index in [1.807, 2.05) is 19.0 Å². The van der Waals surface area contributed by atoms with E-state index >= 15 is 0 Å². The molecule has 128 valence electrons. The van der Waals surface area contributed by atoms with E-state index in [4.69, 9.17) is 15.2 Å². The fourth-order valence-electron chi connectivity index (χ4n) is 1.93. The first kappa shape index (κ1) is 19.4. The number of ether oxygens (including phenoxy) is 2. The summed E-state index contributed by atoms with van der Waals surface area (Å²) in [6.45, 7) is 2.62. The molecule has 0 unspecified atom stereocenters. The molecule has 0 bridgehead atoms. The van der Waals surface area contributed by atoms with Crippen LogP contribution in [0.25, 0.3) is 0 Å². The van der Waals surface area contributed by atoms with Crippen LogP contribution in [-0.4, -0.2) is 44.1 Å². The van der Waals surface area contributed by atoms with Crippen LogP contribution in [0, 0.1) is 0 Å². The average Bonchev–Trinajstić information content (AvgIpc) is 2.46. The van der Waals surface area contributed by atoms with Gasteiger partial charge in [-0.1, -0.05) is 0 Å². The minimum atomic E-state index is -0.391. The zero-order chi connectivity index (χ0) is 17.4. The molecule has 0 heterocycles. The first-order valence-corrected chi connectivity index (χ1v) is 8.13. The second kappa shape index (κ2) is 9.52. The largest absolute Gasteiger partial charge is 0.466 e. The van der Waals surface area contributed by atoms with Crippen LogP contribution in [-0.2, 0) is 20.8 Å². The normalized spacial score (nSPS) is 10.7. The molecule has 0 saturated carbocycles. The third-order valence-corrected chi connectivity index (χ3v) is 3.67. The number of nitrogen functional groups attached to an aromatic ring is 1. The van der Waals surface area contributed by atoms with Gasteiger partial charge in [0.2, 0.25) is 0 Å². The summed E-state index contributed by atoms with van der Waals surface area (Å²) in [7, 11) is 3.86. The number of rotatable bonds is 8. The van der Waals surface area contributed by atoms with Crippen molar-refractivity contribution in [1.29, 1.82) is 0 Å². The Balaban J connectivity index is 2.55. The van der Waals surface area contributed by atoms with Gasteiger partial charge in [0, 0.05) is 17.9 Å². The molecule has 0 fully saturated rings. The summed E-state index contributed by atoms with van der Waals surface area (Å²) in [4.78, 5) is 24.7. The highest BCUT2D eigenvalue weighted by atomic mass is 79.9. The van der Waals surface area contributed by atoms with Crippen LogP contribution < -0.4 is 5.73 Å². The molecule has 1 aromatic rings. The molecule has 1 aromatic carbocycles. The van der Waals surface area contributed by atoms with Gasteiger partial charge in [0.25, 0.3) is 0 Å². The van der Waals surface area contributed by atoms with Gasteiger partial charge in [-0.25, -0.2) is 4.79 Å². The van der Waals surface area contributed by atoms with Crippen molar-refractivity contribution in [2.45, 2.75) is 26.3 Å². The third-order valence-electron chi connectivity index (χ3n) is 3.01. The van der Waals surface area contributed by atoms with Crippen molar-refractivity contribution in [3.8, 4) is 0 Å². The molecule has 6 nitrogen and oxygen atoms in total. The summed E-state index contributed by atoms with van der Waals surface area (Å²) in [6, 6.07) is 3.41. The first-order chi connectivity index (χ1) is 10.8. The number of carbonyl (C=O) groups excluding carboxylic acids is 2. The quantitative estimate of drug-likeness (QED) is 0.420. The van der Waals surface area contributed by atoms with Crippen LogP contribution >= 0.6 is 15.9 Å². The Morgan fingerprint density at radius 2 is 1.78 bits per heavy atom. The summed E-state index contributed by atoms with van der Waals surface area (Å²) in [6.07, 6.45) is 1.30. The van der Waals surface area contributed by atoms with Gasteiger partial charge in [0.1, 0.15) is 0 Å². The smallest absolute Gasteiger partial charge is 0.338 e. The van der Waals surface area contributed by atoms with Gasteiger partial charge in [-0.15, -0.1) is 0 Å². The molecule has 1 rings (SSSR count). The van der Waals surface area contributed by atoms with Crippen LogP contribution in [0.15, 0.2) is 16.6 Å². The second-order valence-electron chi connectivity index (χ2n) is 5.45. The fourth-order valence-corrected chi connectivity index (χ4v) is 2.43. The van der Waals surface area contributed by atoms with Gasteiger partial charge >= 0.3 is 11.9 Å². The molecule has 0 aliphatic rings. The Kier molecular flexibility index (Phi) is 8.05. The Labute approximate surface area is 145 Å². The predicted molar refractivity (Wildman–Crippen MR) is 92.1 cm³/mol. The summed E-state index contributed by atoms with van der Waals surface area (Å²) in [5, 5.41) is 0. The van der Waals surface area contributed by atoms with Crippen molar-refractivity contribution in [2.75, 3.05) is 33.0 Å². The summed E-state index contributed by atoms with van der Waals surface area (Å²) in [5.41, 5.74) is 7.96. The molecule has 0 aromatic heterocycles. The van der Waals surface area contributed by atoms with Crippen molar-refractivity contribution in [1.82, 2.24) is 4.90 Å². The number of nitrogens with zero attached hydrogens (tertiary/aromatic N) is 1. The third kappa shape index (κ3) is 7.00. The number of esters is 2. The van der Waals surface area contributed by atoms with Crippen molar-refractivity contribution in [2.24, 2.45) is 0 Å². The lowest BCUT2D eigenvalue weighted by Gasteiger charge is -2.14. The average molecular weight is 387 g/mol. The number of hydrogen-bond acceptors (Lipinski definition) is 6. The van der Waals surface area contributed by atoms with Gasteiger partial charge in [-0.2, -0.15) is 0 Å². The SMILES string of the molecule is CC(=O)OCCCCOC(=O)c1cc(Br)c(N)c(CN(C)C)c1. The molecule has 0 amide bonds. The van der Waals surface area contributed by atoms with E-state index in [2.05, 4.69) is 15.9 Å². The van der Waals surface area contributed by atoms with Crippen molar-refractivity contribution in [3.63, 3.8) is 0 Å². The second-order valence-corrected chi connectivity index (χ2v) is 6.31. The molecule has 0 radical (unpaired) electrons. The summed E-state index contributed by atoms with van der Waals surface area (Å²) >= 11 is 3.37. The number of nitrogens with two attached hydrogens (primary N) is 1. The molecule has 0 spiro atoms. The van der Waals surface area contributed by atoms with Crippen LogP contribution in [0.3, 0.4) is 0 Å². The van der Waals surface area contributed by atoms with E-state index in [1.54, 1.807) is 12.1 Å². The lowest BCUT2D eigenvalue weighted by Crippen LogP contribution is -2.14. The number of unbranched alkanes of at least 4 members (excludes halogenated alkanes) is 1. The summed E-state index contributed by atoms with van der Waals surface area (Å²) < 4.78 is 10.7. The minimum Gasteiger partial charge on any atom is -0.466 e. The fraction of sp³-hybridized carbons (Fsp3) is 0.500. The molecule has 0 saturated heterocycles. The zero-order valence-electron chi connectivity index (χ0n) is 13.7. The molecule has 0 aliphatic heterocycles. The van der Waals surface area contributed by atoms with E-state index in [1.165, 1.54) is 6.92 Å². The number of carbonyl (C=O) groups is 2. The lowest BCUT2D eigenvalue weighted by molar-refractivity contribution is -0.141. The number of anilines is 1. The maximum atomic E-state index is 12.1.